The van der Waals surface area contributed by atoms with E-state index in [9.17, 15) is 14.0 Å². The zero-order valence-electron chi connectivity index (χ0n) is 15.7. The van der Waals surface area contributed by atoms with E-state index in [1.165, 1.54) is 24.1 Å². The lowest BCUT2D eigenvalue weighted by Crippen LogP contribution is -2.41. The summed E-state index contributed by atoms with van der Waals surface area (Å²) in [5, 5.41) is 1.00. The van der Waals surface area contributed by atoms with Crippen molar-refractivity contribution in [2.24, 2.45) is 0 Å². The second-order valence-electron chi connectivity index (χ2n) is 6.73. The minimum atomic E-state index is -0.773. The van der Waals surface area contributed by atoms with Crippen molar-refractivity contribution in [3.63, 3.8) is 0 Å². The number of aryl methyl sites for hydroxylation is 1. The minimum Gasteiger partial charge on any atom is -0.485 e. The number of para-hydroxylation sites is 1. The van der Waals surface area contributed by atoms with Crippen LogP contribution in [0.5, 0.6) is 5.75 Å². The number of likely N-dealkylation sites (tertiary alicyclic amines) is 1. The first-order valence-corrected chi connectivity index (χ1v) is 9.87. The Hall–Kier alpha value is -2.31. The number of ether oxygens (including phenoxy) is 2. The molecule has 0 aromatic heterocycles. The van der Waals surface area contributed by atoms with Crippen molar-refractivity contribution < 1.29 is 23.5 Å². The Labute approximate surface area is 178 Å². The third-order valence-electron chi connectivity index (χ3n) is 4.81. The van der Waals surface area contributed by atoms with Crippen LogP contribution in [0.4, 0.5) is 4.39 Å². The molecule has 0 saturated carbocycles. The van der Waals surface area contributed by atoms with Crippen LogP contribution < -0.4 is 4.74 Å². The molecule has 29 heavy (non-hydrogen) atoms. The molecule has 1 fully saturated rings. The molecule has 2 aromatic carbocycles. The summed E-state index contributed by atoms with van der Waals surface area (Å²) in [6.45, 7) is 0.168. The lowest BCUT2D eigenvalue weighted by atomic mass is 10.1. The van der Waals surface area contributed by atoms with Crippen LogP contribution in [0.1, 0.15) is 18.4 Å². The molecule has 0 N–H and O–H groups in total. The molecule has 5 nitrogen and oxygen atoms in total. The fraction of sp³-hybridized carbons (Fsp3) is 0.333. The first kappa shape index (κ1) is 21.4. The van der Waals surface area contributed by atoms with Gasteiger partial charge in [0.1, 0.15) is 12.1 Å². The highest BCUT2D eigenvalue weighted by molar-refractivity contribution is 6.35. The lowest BCUT2D eigenvalue weighted by molar-refractivity contribution is -0.150. The first-order chi connectivity index (χ1) is 13.9. The summed E-state index contributed by atoms with van der Waals surface area (Å²) >= 11 is 12.1. The molecule has 3 rings (SSSR count). The second kappa shape index (κ2) is 9.46. The summed E-state index contributed by atoms with van der Waals surface area (Å²) in [5.41, 5.74) is 0.789. The fourth-order valence-electron chi connectivity index (χ4n) is 3.35. The monoisotopic (exact) mass is 439 g/mol. The van der Waals surface area contributed by atoms with Crippen LogP contribution in [0.2, 0.25) is 10.0 Å². The maximum absolute atomic E-state index is 13.9. The van der Waals surface area contributed by atoms with Gasteiger partial charge in [0.25, 0.3) is 0 Å². The number of carbonyl (C=O) groups is 2. The van der Waals surface area contributed by atoms with Gasteiger partial charge in [-0.05, 0) is 36.2 Å². The molecule has 1 saturated heterocycles. The number of rotatable bonds is 6. The molecule has 0 bridgehead atoms. The van der Waals surface area contributed by atoms with Gasteiger partial charge in [-0.1, -0.05) is 41.4 Å². The predicted molar refractivity (Wildman–Crippen MR) is 108 cm³/mol. The van der Waals surface area contributed by atoms with Crippen LogP contribution in [0, 0.1) is 5.82 Å². The SMILES string of the molecule is COC(=O)C1CC(Oc2ccccc2F)CN1C(=O)CCc1ccc(Cl)cc1Cl. The minimum absolute atomic E-state index is 0.0864. The molecule has 0 aliphatic carbocycles. The van der Waals surface area contributed by atoms with Crippen molar-refractivity contribution >= 4 is 35.1 Å². The summed E-state index contributed by atoms with van der Waals surface area (Å²) < 4.78 is 24.4. The molecule has 8 heteroatoms. The standard InChI is InChI=1S/C21H20Cl2FNO4/c1-28-21(27)18-11-15(29-19-5-3-2-4-17(19)24)12-25(18)20(26)9-7-13-6-8-14(22)10-16(13)23/h2-6,8,10,15,18H,7,9,11-12H2,1H3. The number of methoxy groups -OCH3 is 1. The van der Waals surface area contributed by atoms with Crippen molar-refractivity contribution in [2.75, 3.05) is 13.7 Å². The van der Waals surface area contributed by atoms with E-state index in [2.05, 4.69) is 0 Å². The van der Waals surface area contributed by atoms with Gasteiger partial charge >= 0.3 is 5.97 Å². The molecule has 1 amide bonds. The normalized spacial score (nSPS) is 18.6. The van der Waals surface area contributed by atoms with Crippen LogP contribution in [-0.2, 0) is 20.7 Å². The summed E-state index contributed by atoms with van der Waals surface area (Å²) in [7, 11) is 1.27. The van der Waals surface area contributed by atoms with Crippen molar-refractivity contribution in [3.8, 4) is 5.75 Å². The van der Waals surface area contributed by atoms with E-state index in [1.807, 2.05) is 0 Å². The van der Waals surface area contributed by atoms with Gasteiger partial charge in [-0.25, -0.2) is 9.18 Å². The van der Waals surface area contributed by atoms with Gasteiger partial charge in [0.05, 0.1) is 13.7 Å². The van der Waals surface area contributed by atoms with E-state index in [1.54, 1.807) is 30.3 Å². The lowest BCUT2D eigenvalue weighted by Gasteiger charge is -2.22. The summed E-state index contributed by atoms with van der Waals surface area (Å²) in [4.78, 5) is 26.4. The van der Waals surface area contributed by atoms with E-state index in [4.69, 9.17) is 32.7 Å². The number of hydrogen-bond donors (Lipinski definition) is 0. The summed E-state index contributed by atoms with van der Waals surface area (Å²) in [6, 6.07) is 10.3. The van der Waals surface area contributed by atoms with Crippen molar-refractivity contribution in [1.29, 1.82) is 0 Å². The van der Waals surface area contributed by atoms with E-state index in [0.29, 0.717) is 16.5 Å². The van der Waals surface area contributed by atoms with E-state index < -0.39 is 23.9 Å². The third-order valence-corrected chi connectivity index (χ3v) is 5.40. The van der Waals surface area contributed by atoms with E-state index in [0.717, 1.165) is 5.56 Å². The predicted octanol–water partition coefficient (Wildman–Crippen LogP) is 4.29. The Morgan fingerprint density at radius 2 is 1.97 bits per heavy atom. The Kier molecular flexibility index (Phi) is 6.98. The molecule has 1 aliphatic rings. The summed E-state index contributed by atoms with van der Waals surface area (Å²) in [6.07, 6.45) is 0.271. The molecular weight excluding hydrogens is 420 g/mol. The topological polar surface area (TPSA) is 55.8 Å². The molecule has 1 aliphatic heterocycles. The highest BCUT2D eigenvalue weighted by atomic mass is 35.5. The average Bonchev–Trinajstić information content (AvgIpc) is 3.12. The van der Waals surface area contributed by atoms with E-state index in [-0.39, 0.29) is 31.0 Å². The van der Waals surface area contributed by atoms with Crippen LogP contribution in [0.3, 0.4) is 0 Å². The smallest absolute Gasteiger partial charge is 0.328 e. The largest absolute Gasteiger partial charge is 0.485 e. The van der Waals surface area contributed by atoms with Crippen molar-refractivity contribution in [1.82, 2.24) is 4.90 Å². The number of amides is 1. The number of hydrogen-bond acceptors (Lipinski definition) is 4. The maximum Gasteiger partial charge on any atom is 0.328 e. The van der Waals surface area contributed by atoms with Gasteiger partial charge in [-0.15, -0.1) is 0 Å². The molecule has 154 valence electrons. The molecular formula is C21H20Cl2FNO4. The highest BCUT2D eigenvalue weighted by Gasteiger charge is 2.41. The molecule has 2 aromatic rings. The van der Waals surface area contributed by atoms with Gasteiger partial charge in [0.2, 0.25) is 5.91 Å². The average molecular weight is 440 g/mol. The molecule has 0 radical (unpaired) electrons. The molecule has 1 heterocycles. The van der Waals surface area contributed by atoms with Gasteiger partial charge in [0.15, 0.2) is 11.6 Å². The Morgan fingerprint density at radius 1 is 1.21 bits per heavy atom. The number of esters is 1. The fourth-order valence-corrected chi connectivity index (χ4v) is 3.85. The maximum atomic E-state index is 13.9. The van der Waals surface area contributed by atoms with Gasteiger partial charge in [-0.2, -0.15) is 0 Å². The van der Waals surface area contributed by atoms with Crippen LogP contribution in [0.15, 0.2) is 42.5 Å². The quantitative estimate of drug-likeness (QED) is 0.630. The van der Waals surface area contributed by atoms with Crippen LogP contribution >= 0.6 is 23.2 Å². The zero-order chi connectivity index (χ0) is 21.0. The third kappa shape index (κ3) is 5.19. The van der Waals surface area contributed by atoms with Crippen LogP contribution in [-0.4, -0.2) is 42.6 Å². The van der Waals surface area contributed by atoms with E-state index >= 15 is 0 Å². The molecule has 2 atom stereocenters. The number of carbonyl (C=O) groups excluding carboxylic acids is 2. The highest BCUT2D eigenvalue weighted by Crippen LogP contribution is 2.27. The van der Waals surface area contributed by atoms with Crippen LogP contribution in [0.25, 0.3) is 0 Å². The number of nitrogens with zero attached hydrogens (tertiary/aromatic N) is 1. The Balaban J connectivity index is 1.68. The molecule has 2 unspecified atom stereocenters. The van der Waals surface area contributed by atoms with Gasteiger partial charge < -0.3 is 14.4 Å². The summed E-state index contributed by atoms with van der Waals surface area (Å²) in [5.74, 6) is -1.17. The Bertz CT molecular complexity index is 908. The van der Waals surface area contributed by atoms with Crippen molar-refractivity contribution in [2.45, 2.75) is 31.4 Å². The first-order valence-electron chi connectivity index (χ1n) is 9.11. The van der Waals surface area contributed by atoms with Gasteiger partial charge in [0, 0.05) is 22.9 Å². The number of benzene rings is 2. The molecule has 0 spiro atoms. The second-order valence-corrected chi connectivity index (χ2v) is 7.57. The zero-order valence-corrected chi connectivity index (χ0v) is 17.3. The Morgan fingerprint density at radius 3 is 2.66 bits per heavy atom. The van der Waals surface area contributed by atoms with Crippen molar-refractivity contribution in [3.05, 3.63) is 63.9 Å². The van der Waals surface area contributed by atoms with Gasteiger partial charge in [-0.3, -0.25) is 4.79 Å². The number of halogens is 3.